The van der Waals surface area contributed by atoms with E-state index in [1.807, 2.05) is 0 Å². The molecule has 0 aliphatic carbocycles. The average molecular weight is 211 g/mol. The van der Waals surface area contributed by atoms with E-state index >= 15 is 0 Å². The van der Waals surface area contributed by atoms with Crippen LogP contribution >= 0.6 is 11.6 Å². The van der Waals surface area contributed by atoms with Crippen LogP contribution in [0.2, 0.25) is 5.02 Å². The van der Waals surface area contributed by atoms with Crippen molar-refractivity contribution in [3.8, 4) is 5.75 Å². The number of rotatable bonds is 3. The first-order valence-corrected chi connectivity index (χ1v) is 3.87. The van der Waals surface area contributed by atoms with E-state index in [0.717, 1.165) is 12.1 Å². The van der Waals surface area contributed by atoms with E-state index in [1.54, 1.807) is 0 Å². The molecule has 5 heteroatoms. The first-order chi connectivity index (χ1) is 6.16. The molecule has 0 aliphatic heterocycles. The molecular formula is C8H6ClF3O. The lowest BCUT2D eigenvalue weighted by molar-refractivity contribution is 0.259. The molecule has 0 fully saturated rings. The summed E-state index contributed by atoms with van der Waals surface area (Å²) in [4.78, 5) is 0. The fraction of sp³-hybridized carbons (Fsp3) is 0.250. The van der Waals surface area contributed by atoms with Crippen LogP contribution in [-0.4, -0.2) is 13.3 Å². The zero-order valence-corrected chi connectivity index (χ0v) is 7.24. The molecule has 0 unspecified atom stereocenters. The molecule has 0 N–H and O–H groups in total. The molecule has 0 saturated heterocycles. The minimum atomic E-state index is -1.19. The van der Waals surface area contributed by atoms with Crippen LogP contribution in [0.3, 0.4) is 0 Å². The minimum Gasteiger partial charge on any atom is -0.488 e. The van der Waals surface area contributed by atoms with Gasteiger partial charge >= 0.3 is 0 Å². The van der Waals surface area contributed by atoms with Crippen LogP contribution in [0.25, 0.3) is 0 Å². The van der Waals surface area contributed by atoms with Gasteiger partial charge in [0.25, 0.3) is 0 Å². The second kappa shape index (κ2) is 4.37. The first kappa shape index (κ1) is 10.2. The molecule has 13 heavy (non-hydrogen) atoms. The fourth-order valence-corrected chi connectivity index (χ4v) is 0.914. The van der Waals surface area contributed by atoms with Crippen molar-refractivity contribution in [2.75, 3.05) is 13.3 Å². The van der Waals surface area contributed by atoms with Crippen LogP contribution in [0.15, 0.2) is 12.1 Å². The summed E-state index contributed by atoms with van der Waals surface area (Å²) in [5, 5.41) is -0.329. The van der Waals surface area contributed by atoms with Gasteiger partial charge in [-0.05, 0) is 12.1 Å². The van der Waals surface area contributed by atoms with Crippen molar-refractivity contribution in [2.24, 2.45) is 0 Å². The highest BCUT2D eigenvalue weighted by molar-refractivity contribution is 6.30. The molecule has 1 aromatic carbocycles. The molecule has 0 saturated carbocycles. The van der Waals surface area contributed by atoms with Gasteiger partial charge in [0.1, 0.15) is 13.3 Å². The summed E-state index contributed by atoms with van der Waals surface area (Å²) in [7, 11) is 0. The Hall–Kier alpha value is -0.900. The minimum absolute atomic E-state index is 0.308. The standard InChI is InChI=1S/C8H6ClF3O/c9-5-1-2-6(13-4-3-10)8(12)7(5)11/h1-2H,3-4H2. The smallest absolute Gasteiger partial charge is 0.202 e. The number of ether oxygens (including phenoxy) is 1. The van der Waals surface area contributed by atoms with Crippen LogP contribution in [0, 0.1) is 11.6 Å². The quantitative estimate of drug-likeness (QED) is 0.697. The van der Waals surface area contributed by atoms with E-state index in [-0.39, 0.29) is 17.4 Å². The number of benzene rings is 1. The Morgan fingerprint density at radius 2 is 1.92 bits per heavy atom. The Morgan fingerprint density at radius 1 is 1.23 bits per heavy atom. The zero-order valence-electron chi connectivity index (χ0n) is 6.49. The van der Waals surface area contributed by atoms with Crippen LogP contribution in [-0.2, 0) is 0 Å². The Kier molecular flexibility index (Phi) is 3.42. The fourth-order valence-electron chi connectivity index (χ4n) is 0.768. The first-order valence-electron chi connectivity index (χ1n) is 3.49. The Morgan fingerprint density at radius 3 is 2.54 bits per heavy atom. The molecule has 0 aliphatic rings. The van der Waals surface area contributed by atoms with Gasteiger partial charge in [-0.3, -0.25) is 0 Å². The van der Waals surface area contributed by atoms with Crippen LogP contribution in [0.4, 0.5) is 13.2 Å². The molecule has 0 atom stereocenters. The van der Waals surface area contributed by atoms with E-state index in [1.165, 1.54) is 0 Å². The molecule has 0 heterocycles. The highest BCUT2D eigenvalue weighted by Crippen LogP contribution is 2.25. The van der Waals surface area contributed by atoms with Crippen molar-refractivity contribution < 1.29 is 17.9 Å². The molecule has 72 valence electrons. The number of alkyl halides is 1. The molecule has 1 rings (SSSR count). The van der Waals surface area contributed by atoms with Gasteiger partial charge in [-0.2, -0.15) is 4.39 Å². The second-order valence-corrected chi connectivity index (χ2v) is 2.62. The number of halogens is 4. The van der Waals surface area contributed by atoms with Crippen molar-refractivity contribution in [3.05, 3.63) is 28.8 Å². The normalized spacial score (nSPS) is 10.2. The third kappa shape index (κ3) is 2.28. The second-order valence-electron chi connectivity index (χ2n) is 2.21. The predicted octanol–water partition coefficient (Wildman–Crippen LogP) is 2.97. The molecule has 1 aromatic rings. The van der Waals surface area contributed by atoms with Crippen molar-refractivity contribution in [3.63, 3.8) is 0 Å². The van der Waals surface area contributed by atoms with Crippen LogP contribution in [0.1, 0.15) is 0 Å². The average Bonchev–Trinajstić information content (AvgIpc) is 2.13. The lowest BCUT2D eigenvalue weighted by Crippen LogP contribution is -2.01. The predicted molar refractivity (Wildman–Crippen MR) is 42.8 cm³/mol. The molecule has 0 spiro atoms. The Labute approximate surface area is 78.1 Å². The third-order valence-electron chi connectivity index (χ3n) is 1.33. The highest BCUT2D eigenvalue weighted by atomic mass is 35.5. The van der Waals surface area contributed by atoms with Gasteiger partial charge in [0.05, 0.1) is 5.02 Å². The molecule has 0 bridgehead atoms. The van der Waals surface area contributed by atoms with E-state index in [0.29, 0.717) is 0 Å². The highest BCUT2D eigenvalue weighted by Gasteiger charge is 2.12. The summed E-state index contributed by atoms with van der Waals surface area (Å²) in [6, 6.07) is 2.30. The lowest BCUT2D eigenvalue weighted by atomic mass is 10.3. The van der Waals surface area contributed by atoms with Crippen LogP contribution in [0.5, 0.6) is 5.75 Å². The molecule has 0 amide bonds. The van der Waals surface area contributed by atoms with E-state index in [2.05, 4.69) is 4.74 Å². The lowest BCUT2D eigenvalue weighted by Gasteiger charge is -2.05. The van der Waals surface area contributed by atoms with Gasteiger partial charge in [0.15, 0.2) is 11.6 Å². The third-order valence-corrected chi connectivity index (χ3v) is 1.63. The molecule has 0 radical (unpaired) electrons. The maximum atomic E-state index is 12.9. The number of hydrogen-bond acceptors (Lipinski definition) is 1. The number of hydrogen-bond donors (Lipinski definition) is 0. The summed E-state index contributed by atoms with van der Waals surface area (Å²) in [5.74, 6) is -2.71. The van der Waals surface area contributed by atoms with E-state index < -0.39 is 18.3 Å². The van der Waals surface area contributed by atoms with Gasteiger partial charge < -0.3 is 4.74 Å². The monoisotopic (exact) mass is 210 g/mol. The van der Waals surface area contributed by atoms with Gasteiger partial charge in [-0.25, -0.2) is 8.78 Å². The summed E-state index contributed by atoms with van der Waals surface area (Å²) in [6.45, 7) is -1.07. The maximum Gasteiger partial charge on any atom is 0.202 e. The van der Waals surface area contributed by atoms with Gasteiger partial charge in [-0.1, -0.05) is 11.6 Å². The largest absolute Gasteiger partial charge is 0.488 e. The van der Waals surface area contributed by atoms with E-state index in [4.69, 9.17) is 11.6 Å². The zero-order chi connectivity index (χ0) is 9.84. The van der Waals surface area contributed by atoms with Crippen LogP contribution < -0.4 is 4.74 Å². The summed E-state index contributed by atoms with van der Waals surface area (Å²) >= 11 is 5.28. The van der Waals surface area contributed by atoms with Crippen molar-refractivity contribution in [1.29, 1.82) is 0 Å². The summed E-state index contributed by atoms with van der Waals surface area (Å²) < 4.78 is 41.8. The SMILES string of the molecule is FCCOc1ccc(Cl)c(F)c1F. The van der Waals surface area contributed by atoms with Crippen molar-refractivity contribution in [1.82, 2.24) is 0 Å². The van der Waals surface area contributed by atoms with Gasteiger partial charge in [0, 0.05) is 0 Å². The van der Waals surface area contributed by atoms with E-state index in [9.17, 15) is 13.2 Å². The Balaban J connectivity index is 2.90. The molecular weight excluding hydrogens is 205 g/mol. The molecule has 0 aromatic heterocycles. The van der Waals surface area contributed by atoms with Crippen molar-refractivity contribution >= 4 is 11.6 Å². The van der Waals surface area contributed by atoms with Crippen molar-refractivity contribution in [2.45, 2.75) is 0 Å². The molecule has 1 nitrogen and oxygen atoms in total. The summed E-state index contributed by atoms with van der Waals surface area (Å²) in [6.07, 6.45) is 0. The van der Waals surface area contributed by atoms with Gasteiger partial charge in [-0.15, -0.1) is 0 Å². The topological polar surface area (TPSA) is 9.23 Å². The van der Waals surface area contributed by atoms with Gasteiger partial charge in [0.2, 0.25) is 5.82 Å². The Bertz CT molecular complexity index is 304. The maximum absolute atomic E-state index is 12.9. The summed E-state index contributed by atoms with van der Waals surface area (Å²) in [5.41, 5.74) is 0.